The van der Waals surface area contributed by atoms with E-state index in [1.807, 2.05) is 0 Å². The molecule has 0 saturated heterocycles. The summed E-state index contributed by atoms with van der Waals surface area (Å²) in [6.07, 6.45) is 7.05. The third-order valence-corrected chi connectivity index (χ3v) is 5.23. The minimum Gasteiger partial charge on any atom is -0.393 e. The van der Waals surface area contributed by atoms with Gasteiger partial charge in [0.2, 0.25) is 0 Å². The summed E-state index contributed by atoms with van der Waals surface area (Å²) in [4.78, 5) is 0. The smallest absolute Gasteiger partial charge is 0.0543 e. The van der Waals surface area contributed by atoms with Crippen LogP contribution in [0.1, 0.15) is 50.1 Å². The Morgan fingerprint density at radius 3 is 2.55 bits per heavy atom. The van der Waals surface area contributed by atoms with Gasteiger partial charge in [0.05, 0.1) is 6.10 Å². The summed E-state index contributed by atoms with van der Waals surface area (Å²) in [5.74, 6) is 1.46. The van der Waals surface area contributed by atoms with Gasteiger partial charge in [-0.25, -0.2) is 0 Å². The molecule has 0 amide bonds. The summed E-state index contributed by atoms with van der Waals surface area (Å²) >= 11 is 3.51. The van der Waals surface area contributed by atoms with Gasteiger partial charge in [-0.2, -0.15) is 0 Å². The molecule has 2 nitrogen and oxygen atoms in total. The van der Waals surface area contributed by atoms with Gasteiger partial charge in [0.1, 0.15) is 0 Å². The Balaban J connectivity index is 1.59. The average molecular weight is 338 g/mol. The van der Waals surface area contributed by atoms with Gasteiger partial charge in [-0.3, -0.25) is 0 Å². The van der Waals surface area contributed by atoms with Crippen molar-refractivity contribution < 1.29 is 5.11 Å². The Morgan fingerprint density at radius 1 is 1.15 bits per heavy atom. The fourth-order valence-electron chi connectivity index (χ4n) is 3.40. The molecule has 110 valence electrons. The van der Waals surface area contributed by atoms with Crippen LogP contribution in [0.3, 0.4) is 0 Å². The molecule has 0 spiro atoms. The summed E-state index contributed by atoms with van der Waals surface area (Å²) in [5, 5.41) is 13.6. The molecule has 1 aromatic rings. The van der Waals surface area contributed by atoms with Crippen molar-refractivity contribution in [2.75, 3.05) is 6.54 Å². The second kappa shape index (κ2) is 6.59. The molecule has 0 aromatic heterocycles. The highest BCUT2D eigenvalue weighted by atomic mass is 79.9. The van der Waals surface area contributed by atoms with Crippen molar-refractivity contribution in [2.24, 2.45) is 11.8 Å². The molecular formula is C17H24BrNO. The van der Waals surface area contributed by atoms with Crippen LogP contribution >= 0.6 is 15.9 Å². The number of benzene rings is 1. The number of halogens is 1. The van der Waals surface area contributed by atoms with Crippen molar-refractivity contribution >= 4 is 15.9 Å². The van der Waals surface area contributed by atoms with E-state index in [1.54, 1.807) is 0 Å². The maximum Gasteiger partial charge on any atom is 0.0543 e. The standard InChI is InChI=1S/C17H24BrNO/c18-15-8-6-14(7-9-15)17(13-4-5-13)19-11-12-2-1-3-16(20)10-12/h6-9,12-13,16-17,19-20H,1-5,10-11H2/t12-,16-,17+/m1/s1. The van der Waals surface area contributed by atoms with Gasteiger partial charge in [0, 0.05) is 10.5 Å². The lowest BCUT2D eigenvalue weighted by atomic mass is 9.87. The molecular weight excluding hydrogens is 314 g/mol. The molecule has 2 fully saturated rings. The maximum absolute atomic E-state index is 9.78. The first-order valence-electron chi connectivity index (χ1n) is 7.89. The van der Waals surface area contributed by atoms with E-state index in [2.05, 4.69) is 45.5 Å². The van der Waals surface area contributed by atoms with Gasteiger partial charge >= 0.3 is 0 Å². The lowest BCUT2D eigenvalue weighted by molar-refractivity contribution is 0.0993. The second-order valence-corrected chi connectivity index (χ2v) is 7.38. The molecule has 2 saturated carbocycles. The second-order valence-electron chi connectivity index (χ2n) is 6.46. The van der Waals surface area contributed by atoms with E-state index < -0.39 is 0 Å². The van der Waals surface area contributed by atoms with Gasteiger partial charge < -0.3 is 10.4 Å². The zero-order chi connectivity index (χ0) is 13.9. The summed E-state index contributed by atoms with van der Waals surface area (Å²) in [6, 6.07) is 9.24. The summed E-state index contributed by atoms with van der Waals surface area (Å²) in [7, 11) is 0. The van der Waals surface area contributed by atoms with E-state index in [1.165, 1.54) is 31.2 Å². The van der Waals surface area contributed by atoms with Crippen LogP contribution in [0.25, 0.3) is 0 Å². The number of aliphatic hydroxyl groups is 1. The van der Waals surface area contributed by atoms with Crippen LogP contribution in [0.4, 0.5) is 0 Å². The van der Waals surface area contributed by atoms with E-state index in [-0.39, 0.29) is 6.10 Å². The van der Waals surface area contributed by atoms with Crippen molar-refractivity contribution in [3.63, 3.8) is 0 Å². The van der Waals surface area contributed by atoms with Gasteiger partial charge in [0.15, 0.2) is 0 Å². The Labute approximate surface area is 130 Å². The minimum atomic E-state index is -0.0670. The molecule has 2 N–H and O–H groups in total. The highest BCUT2D eigenvalue weighted by Crippen LogP contribution is 2.41. The Kier molecular flexibility index (Phi) is 4.79. The first-order valence-corrected chi connectivity index (χ1v) is 8.68. The van der Waals surface area contributed by atoms with Gasteiger partial charge in [-0.1, -0.05) is 34.5 Å². The van der Waals surface area contributed by atoms with E-state index in [0.29, 0.717) is 12.0 Å². The van der Waals surface area contributed by atoms with Crippen LogP contribution in [-0.4, -0.2) is 17.8 Å². The molecule has 3 atom stereocenters. The van der Waals surface area contributed by atoms with Gasteiger partial charge in [-0.15, -0.1) is 0 Å². The van der Waals surface area contributed by atoms with Gasteiger partial charge in [-0.05, 0) is 68.2 Å². The van der Waals surface area contributed by atoms with Crippen molar-refractivity contribution in [1.82, 2.24) is 5.32 Å². The van der Waals surface area contributed by atoms with E-state index in [9.17, 15) is 5.11 Å². The van der Waals surface area contributed by atoms with Crippen molar-refractivity contribution in [1.29, 1.82) is 0 Å². The molecule has 0 heterocycles. The Hall–Kier alpha value is -0.380. The fourth-order valence-corrected chi connectivity index (χ4v) is 3.66. The molecule has 0 bridgehead atoms. The predicted molar refractivity (Wildman–Crippen MR) is 85.6 cm³/mol. The van der Waals surface area contributed by atoms with Crippen molar-refractivity contribution in [3.05, 3.63) is 34.3 Å². The van der Waals surface area contributed by atoms with Crippen LogP contribution in [0.2, 0.25) is 0 Å². The highest BCUT2D eigenvalue weighted by Gasteiger charge is 2.32. The lowest BCUT2D eigenvalue weighted by Gasteiger charge is -2.28. The molecule has 1 aromatic carbocycles. The lowest BCUT2D eigenvalue weighted by Crippen LogP contribution is -2.32. The van der Waals surface area contributed by atoms with Gasteiger partial charge in [0.25, 0.3) is 0 Å². The predicted octanol–water partition coefficient (Wildman–Crippen LogP) is 4.04. The topological polar surface area (TPSA) is 32.3 Å². The number of hydrogen-bond acceptors (Lipinski definition) is 2. The van der Waals surface area contributed by atoms with Crippen LogP contribution in [0, 0.1) is 11.8 Å². The summed E-state index contributed by atoms with van der Waals surface area (Å²) in [6.45, 7) is 1.05. The molecule has 0 radical (unpaired) electrons. The Bertz CT molecular complexity index is 429. The van der Waals surface area contributed by atoms with Crippen molar-refractivity contribution in [3.8, 4) is 0 Å². The molecule has 2 aliphatic rings. The summed E-state index contributed by atoms with van der Waals surface area (Å²) < 4.78 is 1.14. The molecule has 3 rings (SSSR count). The zero-order valence-corrected chi connectivity index (χ0v) is 13.5. The van der Waals surface area contributed by atoms with Crippen LogP contribution in [-0.2, 0) is 0 Å². The maximum atomic E-state index is 9.78. The zero-order valence-electron chi connectivity index (χ0n) is 11.9. The minimum absolute atomic E-state index is 0.0670. The SMILES string of the molecule is O[C@@H]1CCC[C@@H](CN[C@H](c2ccc(Br)cc2)C2CC2)C1. The number of aliphatic hydroxyl groups excluding tert-OH is 1. The third-order valence-electron chi connectivity index (χ3n) is 4.70. The third kappa shape index (κ3) is 3.84. The van der Waals surface area contributed by atoms with Crippen LogP contribution < -0.4 is 5.32 Å². The largest absolute Gasteiger partial charge is 0.393 e. The number of hydrogen-bond donors (Lipinski definition) is 2. The molecule has 0 unspecified atom stereocenters. The highest BCUT2D eigenvalue weighted by molar-refractivity contribution is 9.10. The first-order chi connectivity index (χ1) is 9.72. The Morgan fingerprint density at radius 2 is 1.90 bits per heavy atom. The quantitative estimate of drug-likeness (QED) is 0.849. The first kappa shape index (κ1) is 14.6. The van der Waals surface area contributed by atoms with E-state index >= 15 is 0 Å². The fraction of sp³-hybridized carbons (Fsp3) is 0.647. The molecule has 0 aliphatic heterocycles. The van der Waals surface area contributed by atoms with E-state index in [4.69, 9.17) is 0 Å². The molecule has 3 heteroatoms. The van der Waals surface area contributed by atoms with Crippen LogP contribution in [0.5, 0.6) is 0 Å². The number of nitrogens with one attached hydrogen (secondary N) is 1. The van der Waals surface area contributed by atoms with Crippen molar-refractivity contribution in [2.45, 2.75) is 50.7 Å². The van der Waals surface area contributed by atoms with Crippen LogP contribution in [0.15, 0.2) is 28.7 Å². The summed E-state index contributed by atoms with van der Waals surface area (Å²) in [5.41, 5.74) is 1.41. The molecule has 20 heavy (non-hydrogen) atoms. The van der Waals surface area contributed by atoms with E-state index in [0.717, 1.165) is 29.8 Å². The normalized spacial score (nSPS) is 28.3. The monoisotopic (exact) mass is 337 g/mol. The number of rotatable bonds is 5. The average Bonchev–Trinajstić information content (AvgIpc) is 3.26. The molecule has 2 aliphatic carbocycles.